The molecule has 1 fully saturated rings. The van der Waals surface area contributed by atoms with Gasteiger partial charge in [-0.2, -0.15) is 0 Å². The van der Waals surface area contributed by atoms with Crippen LogP contribution in [0.2, 0.25) is 0 Å². The maximum atomic E-state index is 12.6. The Balaban J connectivity index is 1.64. The molecule has 154 valence electrons. The van der Waals surface area contributed by atoms with Crippen LogP contribution in [0.25, 0.3) is 0 Å². The fraction of sp³-hybridized carbons (Fsp3) is 0.391. The number of hydrogen-bond donors (Lipinski definition) is 0. The molecule has 2 aromatic rings. The van der Waals surface area contributed by atoms with Crippen LogP contribution in [0.3, 0.4) is 0 Å². The second kappa shape index (κ2) is 10.2. The van der Waals surface area contributed by atoms with Crippen LogP contribution in [0.5, 0.6) is 0 Å². The minimum absolute atomic E-state index is 0.0779. The molecule has 2 unspecified atom stereocenters. The van der Waals surface area contributed by atoms with Gasteiger partial charge in [0, 0.05) is 12.8 Å². The lowest BCUT2D eigenvalue weighted by Crippen LogP contribution is -2.53. The summed E-state index contributed by atoms with van der Waals surface area (Å²) in [5, 5.41) is 0. The zero-order chi connectivity index (χ0) is 20.6. The molecule has 4 atom stereocenters. The molecule has 0 saturated carbocycles. The van der Waals surface area contributed by atoms with Gasteiger partial charge in [0.25, 0.3) is 0 Å². The van der Waals surface area contributed by atoms with Crippen molar-refractivity contribution in [2.45, 2.75) is 45.4 Å². The first-order chi connectivity index (χ1) is 14.0. The van der Waals surface area contributed by atoms with Crippen molar-refractivity contribution in [1.82, 2.24) is 0 Å². The molecule has 1 aliphatic rings. The summed E-state index contributed by atoms with van der Waals surface area (Å²) in [6, 6.07) is 19.2. The lowest BCUT2D eigenvalue weighted by molar-refractivity contribution is -0.209. The van der Waals surface area contributed by atoms with E-state index in [0.29, 0.717) is 6.61 Å². The fourth-order valence-corrected chi connectivity index (χ4v) is 3.39. The fourth-order valence-electron chi connectivity index (χ4n) is 3.39. The maximum Gasteiger partial charge on any atom is 0.335 e. The van der Waals surface area contributed by atoms with Gasteiger partial charge in [0.2, 0.25) is 0 Å². The summed E-state index contributed by atoms with van der Waals surface area (Å²) in [6.07, 6.45) is -1.85. The number of rotatable bonds is 7. The monoisotopic (exact) mass is 398 g/mol. The molecule has 3 rings (SSSR count). The quantitative estimate of drug-likeness (QED) is 0.667. The summed E-state index contributed by atoms with van der Waals surface area (Å²) < 4.78 is 22.6. The van der Waals surface area contributed by atoms with Crippen molar-refractivity contribution in [3.05, 3.63) is 71.8 Å². The number of ether oxygens (including phenoxy) is 4. The predicted octanol–water partition coefficient (Wildman–Crippen LogP) is 3.28. The Morgan fingerprint density at radius 2 is 1.55 bits per heavy atom. The van der Waals surface area contributed by atoms with E-state index in [4.69, 9.17) is 18.9 Å². The molecule has 1 saturated heterocycles. The van der Waals surface area contributed by atoms with Gasteiger partial charge in [-0.25, -0.2) is 4.79 Å². The van der Waals surface area contributed by atoms with Crippen LogP contribution in [0.15, 0.2) is 60.7 Å². The summed E-state index contributed by atoms with van der Waals surface area (Å²) in [6.45, 7) is 3.79. The van der Waals surface area contributed by atoms with Crippen molar-refractivity contribution in [2.24, 2.45) is 5.92 Å². The largest absolute Gasteiger partial charge is 0.459 e. The summed E-state index contributed by atoms with van der Waals surface area (Å²) in [4.78, 5) is 24.1. The van der Waals surface area contributed by atoms with Crippen LogP contribution in [-0.4, -0.2) is 36.9 Å². The first-order valence-corrected chi connectivity index (χ1v) is 9.69. The third-order valence-electron chi connectivity index (χ3n) is 4.86. The second-order valence-electron chi connectivity index (χ2n) is 7.12. The van der Waals surface area contributed by atoms with E-state index in [1.165, 1.54) is 6.92 Å². The van der Waals surface area contributed by atoms with Gasteiger partial charge in [0.1, 0.15) is 12.7 Å². The van der Waals surface area contributed by atoms with E-state index >= 15 is 0 Å². The Morgan fingerprint density at radius 3 is 2.14 bits per heavy atom. The maximum absolute atomic E-state index is 12.6. The van der Waals surface area contributed by atoms with Crippen LogP contribution in [0.4, 0.5) is 0 Å². The van der Waals surface area contributed by atoms with Crippen LogP contribution in [0, 0.1) is 5.92 Å². The van der Waals surface area contributed by atoms with Gasteiger partial charge in [-0.3, -0.25) is 4.79 Å². The third-order valence-corrected chi connectivity index (χ3v) is 4.86. The van der Waals surface area contributed by atoms with Crippen LogP contribution in [-0.2, 0) is 41.8 Å². The van der Waals surface area contributed by atoms with Gasteiger partial charge in [0.15, 0.2) is 12.2 Å². The minimum Gasteiger partial charge on any atom is -0.459 e. The third kappa shape index (κ3) is 5.89. The van der Waals surface area contributed by atoms with E-state index in [9.17, 15) is 9.59 Å². The predicted molar refractivity (Wildman–Crippen MR) is 106 cm³/mol. The smallest absolute Gasteiger partial charge is 0.335 e. The number of carbonyl (C=O) groups is 2. The lowest BCUT2D eigenvalue weighted by atomic mass is 9.91. The SMILES string of the molecule is CC(=O)OC1COC(C(=O)OCc2ccccc2)[C@H](C)[C@@H]1OCc1ccccc1. The highest BCUT2D eigenvalue weighted by molar-refractivity contribution is 5.75. The van der Waals surface area contributed by atoms with Crippen LogP contribution >= 0.6 is 0 Å². The number of esters is 2. The molecule has 6 heteroatoms. The van der Waals surface area contributed by atoms with E-state index in [-0.39, 0.29) is 19.1 Å². The Labute approximate surface area is 170 Å². The van der Waals surface area contributed by atoms with E-state index in [2.05, 4.69) is 0 Å². The standard InChI is InChI=1S/C23H26O6/c1-16-21(26-13-18-9-5-3-6-10-18)20(29-17(2)24)15-27-22(16)23(25)28-14-19-11-7-4-8-12-19/h3-12,16,20-22H,13-15H2,1-2H3/t16-,20?,21+,22?/m1/s1. The Kier molecular flexibility index (Phi) is 7.38. The van der Waals surface area contributed by atoms with Crippen molar-refractivity contribution in [1.29, 1.82) is 0 Å². The highest BCUT2D eigenvalue weighted by Crippen LogP contribution is 2.28. The van der Waals surface area contributed by atoms with Gasteiger partial charge in [-0.05, 0) is 11.1 Å². The van der Waals surface area contributed by atoms with Gasteiger partial charge >= 0.3 is 11.9 Å². The Hall–Kier alpha value is -2.70. The first kappa shape index (κ1) is 21.0. The average molecular weight is 398 g/mol. The van der Waals surface area contributed by atoms with Crippen LogP contribution < -0.4 is 0 Å². The van der Waals surface area contributed by atoms with E-state index < -0.39 is 30.3 Å². The van der Waals surface area contributed by atoms with Gasteiger partial charge in [-0.1, -0.05) is 67.6 Å². The topological polar surface area (TPSA) is 71.1 Å². The Bertz CT molecular complexity index is 792. The van der Waals surface area contributed by atoms with Crippen LogP contribution in [0.1, 0.15) is 25.0 Å². The molecule has 0 aliphatic carbocycles. The normalized spacial score (nSPS) is 23.9. The zero-order valence-electron chi connectivity index (χ0n) is 16.7. The molecular weight excluding hydrogens is 372 g/mol. The zero-order valence-corrected chi connectivity index (χ0v) is 16.7. The van der Waals surface area contributed by atoms with Gasteiger partial charge < -0.3 is 18.9 Å². The molecule has 0 aromatic heterocycles. The summed E-state index contributed by atoms with van der Waals surface area (Å²) in [5.74, 6) is -1.21. The lowest BCUT2D eigenvalue weighted by Gasteiger charge is -2.39. The average Bonchev–Trinajstić information content (AvgIpc) is 2.73. The van der Waals surface area contributed by atoms with Crippen molar-refractivity contribution in [2.75, 3.05) is 6.61 Å². The first-order valence-electron chi connectivity index (χ1n) is 9.69. The van der Waals surface area contributed by atoms with E-state index in [1.54, 1.807) is 0 Å². The molecule has 0 bridgehead atoms. The summed E-state index contributed by atoms with van der Waals surface area (Å²) in [5.41, 5.74) is 1.90. The summed E-state index contributed by atoms with van der Waals surface area (Å²) in [7, 11) is 0. The van der Waals surface area contributed by atoms with Gasteiger partial charge in [0.05, 0.1) is 13.2 Å². The van der Waals surface area contributed by atoms with Crippen molar-refractivity contribution in [3.63, 3.8) is 0 Å². The number of benzene rings is 2. The molecule has 0 radical (unpaired) electrons. The second-order valence-corrected chi connectivity index (χ2v) is 7.12. The van der Waals surface area contributed by atoms with Gasteiger partial charge in [-0.15, -0.1) is 0 Å². The molecule has 6 nitrogen and oxygen atoms in total. The highest BCUT2D eigenvalue weighted by atomic mass is 16.6. The minimum atomic E-state index is -0.786. The molecule has 1 aliphatic heterocycles. The molecular formula is C23H26O6. The molecule has 0 amide bonds. The number of carbonyl (C=O) groups excluding carboxylic acids is 2. The van der Waals surface area contributed by atoms with E-state index in [1.807, 2.05) is 67.6 Å². The highest BCUT2D eigenvalue weighted by Gasteiger charge is 2.44. The van der Waals surface area contributed by atoms with Crippen molar-refractivity contribution < 1.29 is 28.5 Å². The molecule has 0 N–H and O–H groups in total. The van der Waals surface area contributed by atoms with Crippen molar-refractivity contribution >= 4 is 11.9 Å². The summed E-state index contributed by atoms with van der Waals surface area (Å²) >= 11 is 0. The van der Waals surface area contributed by atoms with Crippen molar-refractivity contribution in [3.8, 4) is 0 Å². The molecule has 29 heavy (non-hydrogen) atoms. The molecule has 2 aromatic carbocycles. The number of hydrogen-bond acceptors (Lipinski definition) is 6. The van der Waals surface area contributed by atoms with E-state index in [0.717, 1.165) is 11.1 Å². The Morgan fingerprint density at radius 1 is 0.966 bits per heavy atom. The molecule has 1 heterocycles. The molecule has 0 spiro atoms.